The molecule has 0 spiro atoms. The highest BCUT2D eigenvalue weighted by Crippen LogP contribution is 2.16. The predicted molar refractivity (Wildman–Crippen MR) is 91.7 cm³/mol. The summed E-state index contributed by atoms with van der Waals surface area (Å²) < 4.78 is 5.67. The van der Waals surface area contributed by atoms with Gasteiger partial charge in [0.15, 0.2) is 10.4 Å². The Bertz CT molecular complexity index is 667. The van der Waals surface area contributed by atoms with Gasteiger partial charge in [-0.2, -0.15) is 0 Å². The van der Waals surface area contributed by atoms with Gasteiger partial charge in [-0.05, 0) is 58.9 Å². The molecule has 2 aromatic rings. The molecule has 122 valence electrons. The fourth-order valence-electron chi connectivity index (χ4n) is 1.88. The van der Waals surface area contributed by atoms with Crippen LogP contribution in [0.1, 0.15) is 27.8 Å². The molecule has 0 atom stereocenters. The van der Waals surface area contributed by atoms with Crippen LogP contribution in [0.5, 0.6) is 0 Å². The molecule has 2 rings (SSSR count). The summed E-state index contributed by atoms with van der Waals surface area (Å²) in [5.74, 6) is -0.281. The van der Waals surface area contributed by atoms with Crippen LogP contribution in [0.3, 0.4) is 0 Å². The molecular formula is C16H18BrN3O3. The second kappa shape index (κ2) is 8.50. The van der Waals surface area contributed by atoms with Gasteiger partial charge >= 0.3 is 0 Å². The molecule has 3 N–H and O–H groups in total. The maximum absolute atomic E-state index is 11.9. The van der Waals surface area contributed by atoms with E-state index in [0.717, 1.165) is 13.1 Å². The summed E-state index contributed by atoms with van der Waals surface area (Å²) in [5.41, 5.74) is 1.13. The van der Waals surface area contributed by atoms with Gasteiger partial charge in [-0.25, -0.2) is 0 Å². The van der Waals surface area contributed by atoms with Crippen LogP contribution in [-0.4, -0.2) is 31.4 Å². The molecule has 23 heavy (non-hydrogen) atoms. The number of halogens is 1. The van der Waals surface area contributed by atoms with E-state index in [0.29, 0.717) is 22.5 Å². The lowest BCUT2D eigenvalue weighted by atomic mass is 10.2. The summed E-state index contributed by atoms with van der Waals surface area (Å²) in [7, 11) is 0. The lowest BCUT2D eigenvalue weighted by Gasteiger charge is -2.07. The quantitative estimate of drug-likeness (QED) is 0.645. The molecule has 0 saturated carbocycles. The maximum atomic E-state index is 11.9. The first-order valence-corrected chi connectivity index (χ1v) is 8.05. The third kappa shape index (κ3) is 5.22. The Hall–Kier alpha value is -2.12. The average Bonchev–Trinajstić information content (AvgIpc) is 2.99. The Morgan fingerprint density at radius 1 is 1.04 bits per heavy atom. The molecule has 1 aromatic carbocycles. The van der Waals surface area contributed by atoms with Crippen LogP contribution in [0.2, 0.25) is 0 Å². The summed E-state index contributed by atoms with van der Waals surface area (Å²) in [6, 6.07) is 9.90. The number of rotatable bonds is 7. The summed E-state index contributed by atoms with van der Waals surface area (Å²) >= 11 is 3.15. The van der Waals surface area contributed by atoms with E-state index in [1.54, 1.807) is 36.4 Å². The summed E-state index contributed by atoms with van der Waals surface area (Å²) in [4.78, 5) is 23.9. The molecule has 0 radical (unpaired) electrons. The van der Waals surface area contributed by atoms with Gasteiger partial charge in [0.2, 0.25) is 0 Å². The first-order valence-electron chi connectivity index (χ1n) is 7.26. The van der Waals surface area contributed by atoms with Crippen molar-refractivity contribution >= 4 is 33.4 Å². The molecule has 7 heteroatoms. The zero-order valence-corrected chi connectivity index (χ0v) is 14.3. The van der Waals surface area contributed by atoms with E-state index in [1.165, 1.54) is 0 Å². The van der Waals surface area contributed by atoms with Crippen molar-refractivity contribution < 1.29 is 14.0 Å². The summed E-state index contributed by atoms with van der Waals surface area (Å²) in [6.07, 6.45) is 0. The molecule has 2 amide bonds. The molecular weight excluding hydrogens is 362 g/mol. The van der Waals surface area contributed by atoms with E-state index in [2.05, 4.69) is 31.9 Å². The number of carbonyl (C=O) groups excluding carboxylic acids is 2. The smallest absolute Gasteiger partial charge is 0.291 e. The van der Waals surface area contributed by atoms with Gasteiger partial charge in [-0.1, -0.05) is 6.92 Å². The molecule has 0 saturated heterocycles. The monoisotopic (exact) mass is 379 g/mol. The van der Waals surface area contributed by atoms with Crippen LogP contribution in [-0.2, 0) is 0 Å². The second-order valence-corrected chi connectivity index (χ2v) is 5.53. The molecule has 0 bridgehead atoms. The Morgan fingerprint density at radius 3 is 2.39 bits per heavy atom. The van der Waals surface area contributed by atoms with Crippen molar-refractivity contribution in [2.45, 2.75) is 6.92 Å². The average molecular weight is 380 g/mol. The van der Waals surface area contributed by atoms with Crippen LogP contribution >= 0.6 is 15.9 Å². The van der Waals surface area contributed by atoms with E-state index in [4.69, 9.17) is 4.42 Å². The first-order chi connectivity index (χ1) is 11.1. The highest BCUT2D eigenvalue weighted by molar-refractivity contribution is 9.10. The number of likely N-dealkylation sites (N-methyl/N-ethyl adjacent to an activating group) is 1. The first kappa shape index (κ1) is 17.2. The molecule has 0 aliphatic rings. The Morgan fingerprint density at radius 2 is 1.78 bits per heavy atom. The second-order valence-electron chi connectivity index (χ2n) is 4.74. The number of anilines is 1. The topological polar surface area (TPSA) is 83.4 Å². The van der Waals surface area contributed by atoms with Crippen molar-refractivity contribution in [3.8, 4) is 0 Å². The normalized spacial score (nSPS) is 10.3. The van der Waals surface area contributed by atoms with Gasteiger partial charge in [-0.15, -0.1) is 0 Å². The number of hydrogen-bond acceptors (Lipinski definition) is 4. The van der Waals surface area contributed by atoms with Crippen molar-refractivity contribution in [3.63, 3.8) is 0 Å². The van der Waals surface area contributed by atoms with Gasteiger partial charge in [-0.3, -0.25) is 9.59 Å². The van der Waals surface area contributed by atoms with Crippen LogP contribution in [0.25, 0.3) is 0 Å². The molecule has 0 unspecified atom stereocenters. The Kier molecular flexibility index (Phi) is 6.37. The molecule has 6 nitrogen and oxygen atoms in total. The highest BCUT2D eigenvalue weighted by atomic mass is 79.9. The van der Waals surface area contributed by atoms with E-state index in [9.17, 15) is 9.59 Å². The number of furan rings is 1. The van der Waals surface area contributed by atoms with Crippen molar-refractivity contribution in [1.29, 1.82) is 0 Å². The van der Waals surface area contributed by atoms with Crippen molar-refractivity contribution in [2.24, 2.45) is 0 Å². The number of amides is 2. The molecule has 0 aliphatic heterocycles. The van der Waals surface area contributed by atoms with E-state index in [1.807, 2.05) is 6.92 Å². The number of carbonyl (C=O) groups is 2. The molecule has 0 fully saturated rings. The van der Waals surface area contributed by atoms with Crippen LogP contribution in [0.15, 0.2) is 45.5 Å². The van der Waals surface area contributed by atoms with Gasteiger partial charge in [0.25, 0.3) is 11.8 Å². The van der Waals surface area contributed by atoms with Crippen LogP contribution in [0.4, 0.5) is 5.69 Å². The van der Waals surface area contributed by atoms with Gasteiger partial charge in [0.05, 0.1) is 0 Å². The van der Waals surface area contributed by atoms with E-state index < -0.39 is 0 Å². The van der Waals surface area contributed by atoms with Crippen molar-refractivity contribution in [2.75, 3.05) is 25.0 Å². The molecule has 1 heterocycles. The molecule has 0 aliphatic carbocycles. The number of nitrogens with one attached hydrogen (secondary N) is 3. The summed E-state index contributed by atoms with van der Waals surface area (Å²) in [6.45, 7) is 4.18. The van der Waals surface area contributed by atoms with Gasteiger partial charge < -0.3 is 20.4 Å². The molecule has 1 aromatic heterocycles. The Labute approximate surface area is 142 Å². The minimum atomic E-state index is -0.349. The van der Waals surface area contributed by atoms with Gasteiger partial charge in [0.1, 0.15) is 0 Å². The lowest BCUT2D eigenvalue weighted by molar-refractivity contribution is 0.0953. The Balaban J connectivity index is 1.89. The fourth-order valence-corrected chi connectivity index (χ4v) is 2.18. The van der Waals surface area contributed by atoms with Crippen molar-refractivity contribution in [3.05, 3.63) is 52.4 Å². The minimum Gasteiger partial charge on any atom is -0.444 e. The van der Waals surface area contributed by atoms with Crippen LogP contribution < -0.4 is 16.0 Å². The zero-order valence-electron chi connectivity index (χ0n) is 12.7. The SMILES string of the molecule is CCNCCNC(=O)c1ccc(NC(=O)c2ccc(Br)o2)cc1. The number of hydrogen-bond donors (Lipinski definition) is 3. The third-order valence-corrected chi connectivity index (χ3v) is 3.47. The standard InChI is InChI=1S/C16H18BrN3O3/c1-2-18-9-10-19-15(21)11-3-5-12(6-4-11)20-16(22)13-7-8-14(17)23-13/h3-8,18H,2,9-10H2,1H3,(H,19,21)(H,20,22). The van der Waals surface area contributed by atoms with Crippen LogP contribution in [0, 0.1) is 0 Å². The van der Waals surface area contributed by atoms with Gasteiger partial charge in [0, 0.05) is 24.3 Å². The van der Waals surface area contributed by atoms with E-state index in [-0.39, 0.29) is 17.6 Å². The predicted octanol–water partition coefficient (Wildman–Crippen LogP) is 2.63. The fraction of sp³-hybridized carbons (Fsp3) is 0.250. The number of benzene rings is 1. The van der Waals surface area contributed by atoms with E-state index >= 15 is 0 Å². The minimum absolute atomic E-state index is 0.143. The largest absolute Gasteiger partial charge is 0.444 e. The lowest BCUT2D eigenvalue weighted by Crippen LogP contribution is -2.31. The maximum Gasteiger partial charge on any atom is 0.291 e. The highest BCUT2D eigenvalue weighted by Gasteiger charge is 2.11. The summed E-state index contributed by atoms with van der Waals surface area (Å²) in [5, 5.41) is 8.64. The zero-order chi connectivity index (χ0) is 16.7. The van der Waals surface area contributed by atoms with Crippen molar-refractivity contribution in [1.82, 2.24) is 10.6 Å². The third-order valence-electron chi connectivity index (χ3n) is 3.04.